The number of alkyl halides is 3. The molecule has 0 saturated carbocycles. The van der Waals surface area contributed by atoms with E-state index in [-0.39, 0.29) is 13.0 Å². The number of halogens is 3. The number of cyclic esters (lactones) is 1. The van der Waals surface area contributed by atoms with Crippen molar-refractivity contribution in [1.29, 1.82) is 0 Å². The molecule has 8 heteroatoms. The quantitative estimate of drug-likeness (QED) is 0.658. The maximum Gasteiger partial charge on any atom is 0.416 e. The lowest BCUT2D eigenvalue weighted by Gasteiger charge is -2.09. The van der Waals surface area contributed by atoms with Gasteiger partial charge in [-0.05, 0) is 17.7 Å². The van der Waals surface area contributed by atoms with E-state index in [0.717, 1.165) is 12.1 Å². The first-order valence-electron chi connectivity index (χ1n) is 6.89. The van der Waals surface area contributed by atoms with Gasteiger partial charge in [0.1, 0.15) is 11.8 Å². The van der Waals surface area contributed by atoms with Crippen molar-refractivity contribution in [2.45, 2.75) is 31.5 Å². The summed E-state index contributed by atoms with van der Waals surface area (Å²) in [6, 6.07) is 3.44. The number of rotatable bonds is 5. The average molecular weight is 329 g/mol. The lowest BCUT2D eigenvalue weighted by atomic mass is 10.0. The second-order valence-corrected chi connectivity index (χ2v) is 5.16. The van der Waals surface area contributed by atoms with Crippen LogP contribution in [0.3, 0.4) is 0 Å². The summed E-state index contributed by atoms with van der Waals surface area (Å²) in [5.41, 5.74) is -0.415. The molecule has 1 aliphatic heterocycles. The summed E-state index contributed by atoms with van der Waals surface area (Å²) < 4.78 is 41.9. The van der Waals surface area contributed by atoms with Crippen molar-refractivity contribution in [3.8, 4) is 0 Å². The molecule has 1 amide bonds. The predicted octanol–water partition coefficient (Wildman–Crippen LogP) is 1.64. The minimum absolute atomic E-state index is 0.152. The number of carbonyl (C=O) groups excluding carboxylic acids is 3. The van der Waals surface area contributed by atoms with Crippen LogP contribution in [-0.4, -0.2) is 30.3 Å². The molecule has 1 atom stereocenters. The largest absolute Gasteiger partial charge is 0.464 e. The van der Waals surface area contributed by atoms with Crippen LogP contribution in [0.25, 0.3) is 0 Å². The Bertz CT molecular complexity index is 610. The SMILES string of the molecule is O=C(CC(=O)N[C@@H]1CCOC1=O)Cc1ccc(C(F)(F)F)cc1. The maximum absolute atomic E-state index is 12.4. The van der Waals surface area contributed by atoms with Gasteiger partial charge in [0.2, 0.25) is 5.91 Å². The molecule has 5 nitrogen and oxygen atoms in total. The third-order valence-corrected chi connectivity index (χ3v) is 3.31. The fraction of sp³-hybridized carbons (Fsp3) is 0.400. The van der Waals surface area contributed by atoms with Crippen molar-refractivity contribution in [3.05, 3.63) is 35.4 Å². The van der Waals surface area contributed by atoms with Crippen LogP contribution in [0.4, 0.5) is 13.2 Å². The minimum Gasteiger partial charge on any atom is -0.464 e. The molecule has 23 heavy (non-hydrogen) atoms. The molecule has 0 spiro atoms. The highest BCUT2D eigenvalue weighted by atomic mass is 19.4. The summed E-state index contributed by atoms with van der Waals surface area (Å²) in [6.45, 7) is 0.225. The van der Waals surface area contributed by atoms with Gasteiger partial charge in [0.05, 0.1) is 18.6 Å². The second kappa shape index (κ2) is 6.80. The molecule has 1 heterocycles. The molecule has 1 aromatic carbocycles. The highest BCUT2D eigenvalue weighted by Gasteiger charge is 2.30. The van der Waals surface area contributed by atoms with Crippen molar-refractivity contribution in [3.63, 3.8) is 0 Å². The molecule has 2 rings (SSSR count). The predicted molar refractivity (Wildman–Crippen MR) is 72.3 cm³/mol. The zero-order valence-corrected chi connectivity index (χ0v) is 12.0. The lowest BCUT2D eigenvalue weighted by Crippen LogP contribution is -2.38. The number of hydrogen-bond acceptors (Lipinski definition) is 4. The summed E-state index contributed by atoms with van der Waals surface area (Å²) in [5, 5.41) is 2.39. The Kier molecular flexibility index (Phi) is 5.02. The van der Waals surface area contributed by atoms with E-state index in [0.29, 0.717) is 12.0 Å². The molecule has 0 bridgehead atoms. The summed E-state index contributed by atoms with van der Waals surface area (Å²) in [7, 11) is 0. The van der Waals surface area contributed by atoms with Crippen molar-refractivity contribution >= 4 is 17.7 Å². The minimum atomic E-state index is -4.43. The Balaban J connectivity index is 1.84. The van der Waals surface area contributed by atoms with Crippen LogP contribution >= 0.6 is 0 Å². The fourth-order valence-corrected chi connectivity index (χ4v) is 2.15. The Hall–Kier alpha value is -2.38. The number of esters is 1. The van der Waals surface area contributed by atoms with E-state index in [1.54, 1.807) is 0 Å². The topological polar surface area (TPSA) is 72.5 Å². The Morgan fingerprint density at radius 3 is 2.39 bits per heavy atom. The van der Waals surface area contributed by atoms with Gasteiger partial charge in [0, 0.05) is 12.8 Å². The van der Waals surface area contributed by atoms with Crippen LogP contribution in [0.1, 0.15) is 24.0 Å². The normalized spacial score (nSPS) is 17.7. The molecule has 0 aromatic heterocycles. The number of ether oxygens (including phenoxy) is 1. The van der Waals surface area contributed by atoms with Gasteiger partial charge in [-0.3, -0.25) is 9.59 Å². The third kappa shape index (κ3) is 4.80. The van der Waals surface area contributed by atoms with E-state index < -0.39 is 41.9 Å². The van der Waals surface area contributed by atoms with E-state index in [1.165, 1.54) is 12.1 Å². The van der Waals surface area contributed by atoms with Gasteiger partial charge in [-0.2, -0.15) is 13.2 Å². The molecular weight excluding hydrogens is 315 g/mol. The molecule has 1 saturated heterocycles. The number of benzene rings is 1. The van der Waals surface area contributed by atoms with E-state index in [4.69, 9.17) is 0 Å². The first-order valence-corrected chi connectivity index (χ1v) is 6.89. The van der Waals surface area contributed by atoms with Crippen LogP contribution in [0.5, 0.6) is 0 Å². The summed E-state index contributed by atoms with van der Waals surface area (Å²) >= 11 is 0. The van der Waals surface area contributed by atoms with Gasteiger partial charge in [0.25, 0.3) is 0 Å². The first kappa shape index (κ1) is 17.0. The Labute approximate surface area is 129 Å². The zero-order chi connectivity index (χ0) is 17.0. The van der Waals surface area contributed by atoms with Crippen LogP contribution < -0.4 is 5.32 Å². The van der Waals surface area contributed by atoms with Crippen LogP contribution in [0, 0.1) is 0 Å². The molecule has 1 aromatic rings. The summed E-state index contributed by atoms with van der Waals surface area (Å²) in [4.78, 5) is 34.6. The lowest BCUT2D eigenvalue weighted by molar-refractivity contribution is -0.142. The van der Waals surface area contributed by atoms with E-state index in [1.807, 2.05) is 0 Å². The molecule has 1 N–H and O–H groups in total. The third-order valence-electron chi connectivity index (χ3n) is 3.31. The van der Waals surface area contributed by atoms with Gasteiger partial charge in [-0.1, -0.05) is 12.1 Å². The number of hydrogen-bond donors (Lipinski definition) is 1. The average Bonchev–Trinajstić information content (AvgIpc) is 2.83. The maximum atomic E-state index is 12.4. The van der Waals surface area contributed by atoms with E-state index in [9.17, 15) is 27.6 Å². The molecule has 0 unspecified atom stereocenters. The monoisotopic (exact) mass is 329 g/mol. The molecule has 1 aliphatic rings. The molecular formula is C15H14F3NO4. The van der Waals surface area contributed by atoms with Crippen LogP contribution in [0.2, 0.25) is 0 Å². The standard InChI is InChI=1S/C15H14F3NO4/c16-15(17,18)10-3-1-9(2-4-10)7-11(20)8-13(21)19-12-5-6-23-14(12)22/h1-4,12H,5-8H2,(H,19,21)/t12-/m1/s1. The number of carbonyl (C=O) groups is 3. The zero-order valence-electron chi connectivity index (χ0n) is 12.0. The second-order valence-electron chi connectivity index (χ2n) is 5.16. The smallest absolute Gasteiger partial charge is 0.416 e. The van der Waals surface area contributed by atoms with Gasteiger partial charge >= 0.3 is 12.1 Å². The van der Waals surface area contributed by atoms with E-state index >= 15 is 0 Å². The Morgan fingerprint density at radius 2 is 1.87 bits per heavy atom. The van der Waals surface area contributed by atoms with Crippen molar-refractivity contribution < 1.29 is 32.3 Å². The fourth-order valence-electron chi connectivity index (χ4n) is 2.15. The van der Waals surface area contributed by atoms with E-state index in [2.05, 4.69) is 10.1 Å². The summed E-state index contributed by atoms with van der Waals surface area (Å²) in [5.74, 6) is -1.59. The highest BCUT2D eigenvalue weighted by Crippen LogP contribution is 2.29. The summed E-state index contributed by atoms with van der Waals surface area (Å²) in [6.07, 6.45) is -4.67. The van der Waals surface area contributed by atoms with Gasteiger partial charge in [-0.15, -0.1) is 0 Å². The van der Waals surface area contributed by atoms with Crippen molar-refractivity contribution in [2.75, 3.05) is 6.61 Å². The Morgan fingerprint density at radius 1 is 1.22 bits per heavy atom. The van der Waals surface area contributed by atoms with Crippen LogP contribution in [-0.2, 0) is 31.7 Å². The highest BCUT2D eigenvalue weighted by molar-refractivity contribution is 6.00. The number of nitrogens with one attached hydrogen (secondary N) is 1. The molecule has 124 valence electrons. The van der Waals surface area contributed by atoms with Crippen molar-refractivity contribution in [2.24, 2.45) is 0 Å². The van der Waals surface area contributed by atoms with Gasteiger partial charge in [0.15, 0.2) is 0 Å². The number of amides is 1. The molecule has 0 aliphatic carbocycles. The molecule has 0 radical (unpaired) electrons. The van der Waals surface area contributed by atoms with Gasteiger partial charge in [-0.25, -0.2) is 4.79 Å². The van der Waals surface area contributed by atoms with Gasteiger partial charge < -0.3 is 10.1 Å². The molecule has 1 fully saturated rings. The van der Waals surface area contributed by atoms with Crippen molar-refractivity contribution in [1.82, 2.24) is 5.32 Å². The number of Topliss-reactive ketones (excluding diaryl/α,β-unsaturated/α-hetero) is 1. The first-order chi connectivity index (χ1) is 10.8. The number of ketones is 1. The van der Waals surface area contributed by atoms with Crippen LogP contribution in [0.15, 0.2) is 24.3 Å².